The number of nitro benzene ring substituents is 1. The fourth-order valence-corrected chi connectivity index (χ4v) is 2.68. The zero-order valence-electron chi connectivity index (χ0n) is 9.88. The predicted molar refractivity (Wildman–Crippen MR) is 68.9 cm³/mol. The van der Waals surface area contributed by atoms with Crippen molar-refractivity contribution in [2.24, 2.45) is 5.92 Å². The smallest absolute Gasteiger partial charge is 0.308 e. The molecule has 1 amide bonds. The van der Waals surface area contributed by atoms with Gasteiger partial charge in [0.05, 0.1) is 21.4 Å². The van der Waals surface area contributed by atoms with E-state index in [9.17, 15) is 24.1 Å². The summed E-state index contributed by atoms with van der Waals surface area (Å²) in [5.74, 6) is -3.46. The fraction of sp³-hybridized carbons (Fsp3) is 0.273. The molecule has 1 aromatic carbocycles. The summed E-state index contributed by atoms with van der Waals surface area (Å²) in [6, 6.07) is 1.69. The molecule has 1 unspecified atom stereocenters. The van der Waals surface area contributed by atoms with Crippen LogP contribution in [0.3, 0.4) is 0 Å². The Morgan fingerprint density at radius 3 is 2.70 bits per heavy atom. The van der Waals surface area contributed by atoms with E-state index >= 15 is 0 Å². The number of carboxylic acids is 1. The Labute approximate surface area is 120 Å². The van der Waals surface area contributed by atoms with Gasteiger partial charge in [-0.2, -0.15) is 0 Å². The van der Waals surface area contributed by atoms with Gasteiger partial charge in [-0.3, -0.25) is 19.7 Å². The Hall–Kier alpha value is -2.03. The summed E-state index contributed by atoms with van der Waals surface area (Å²) in [6.45, 7) is -0.181. The van der Waals surface area contributed by atoms with Gasteiger partial charge in [0.25, 0.3) is 5.69 Å². The number of aliphatic carboxylic acids is 1. The zero-order valence-corrected chi connectivity index (χ0v) is 11.5. The number of anilines is 1. The molecule has 7 nitrogen and oxygen atoms in total. The quantitative estimate of drug-likeness (QED) is 0.665. The second-order valence-electron chi connectivity index (χ2n) is 4.26. The molecule has 1 heterocycles. The van der Waals surface area contributed by atoms with Gasteiger partial charge in [0, 0.05) is 13.0 Å². The van der Waals surface area contributed by atoms with Crippen molar-refractivity contribution in [2.75, 3.05) is 11.4 Å². The van der Waals surface area contributed by atoms with Crippen LogP contribution in [0.4, 0.5) is 15.8 Å². The molecule has 0 radical (unpaired) electrons. The van der Waals surface area contributed by atoms with Crippen molar-refractivity contribution < 1.29 is 24.0 Å². The molecule has 0 bridgehead atoms. The van der Waals surface area contributed by atoms with Crippen molar-refractivity contribution in [3.05, 3.63) is 32.5 Å². The number of hydrogen-bond acceptors (Lipinski definition) is 4. The number of rotatable bonds is 3. The van der Waals surface area contributed by atoms with E-state index in [1.165, 1.54) is 0 Å². The highest BCUT2D eigenvalue weighted by molar-refractivity contribution is 9.10. The maximum absolute atomic E-state index is 13.2. The van der Waals surface area contributed by atoms with E-state index in [2.05, 4.69) is 15.9 Å². The Kier molecular flexibility index (Phi) is 3.71. The molecule has 2 rings (SSSR count). The summed E-state index contributed by atoms with van der Waals surface area (Å²) in [5.41, 5.74) is -0.707. The highest BCUT2D eigenvalue weighted by Crippen LogP contribution is 2.39. The van der Waals surface area contributed by atoms with Crippen molar-refractivity contribution >= 4 is 39.2 Å². The van der Waals surface area contributed by atoms with Crippen LogP contribution in [0.5, 0.6) is 0 Å². The van der Waals surface area contributed by atoms with E-state index in [0.717, 1.165) is 11.0 Å². The first-order valence-corrected chi connectivity index (χ1v) is 6.27. The maximum atomic E-state index is 13.2. The lowest BCUT2D eigenvalue weighted by molar-refractivity contribution is -0.384. The van der Waals surface area contributed by atoms with Crippen LogP contribution >= 0.6 is 15.9 Å². The molecule has 20 heavy (non-hydrogen) atoms. The molecule has 106 valence electrons. The van der Waals surface area contributed by atoms with Gasteiger partial charge in [0.15, 0.2) is 0 Å². The first-order chi connectivity index (χ1) is 9.31. The van der Waals surface area contributed by atoms with E-state index in [0.29, 0.717) is 6.07 Å². The molecule has 1 N–H and O–H groups in total. The van der Waals surface area contributed by atoms with Crippen molar-refractivity contribution in [2.45, 2.75) is 6.42 Å². The molecule has 1 aliphatic heterocycles. The Morgan fingerprint density at radius 1 is 1.55 bits per heavy atom. The number of amides is 1. The van der Waals surface area contributed by atoms with Crippen LogP contribution < -0.4 is 4.90 Å². The monoisotopic (exact) mass is 346 g/mol. The van der Waals surface area contributed by atoms with Crippen LogP contribution in [0, 0.1) is 21.8 Å². The molecular weight excluding hydrogens is 339 g/mol. The first kappa shape index (κ1) is 14.4. The number of nitro groups is 1. The van der Waals surface area contributed by atoms with Crippen LogP contribution in [0.25, 0.3) is 0 Å². The topological polar surface area (TPSA) is 101 Å². The van der Waals surface area contributed by atoms with E-state index in [-0.39, 0.29) is 23.1 Å². The molecule has 0 spiro atoms. The maximum Gasteiger partial charge on any atom is 0.308 e. The van der Waals surface area contributed by atoms with E-state index < -0.39 is 34.2 Å². The minimum Gasteiger partial charge on any atom is -0.481 e. The Morgan fingerprint density at radius 2 is 2.20 bits per heavy atom. The molecule has 0 aliphatic carbocycles. The van der Waals surface area contributed by atoms with Crippen LogP contribution in [-0.2, 0) is 9.59 Å². The lowest BCUT2D eigenvalue weighted by Crippen LogP contribution is -2.27. The summed E-state index contributed by atoms with van der Waals surface area (Å²) in [4.78, 5) is 33.9. The molecule has 9 heteroatoms. The van der Waals surface area contributed by atoms with Crippen LogP contribution in [0.15, 0.2) is 16.6 Å². The molecular formula is C11H8BrFN2O5. The molecule has 1 saturated heterocycles. The minimum atomic E-state index is -1.15. The fourth-order valence-electron chi connectivity index (χ4n) is 2.05. The number of carbonyl (C=O) groups excluding carboxylic acids is 1. The minimum absolute atomic E-state index is 0.0311. The molecule has 0 aromatic heterocycles. The third-order valence-corrected chi connectivity index (χ3v) is 3.55. The summed E-state index contributed by atoms with van der Waals surface area (Å²) < 4.78 is 13.3. The second kappa shape index (κ2) is 5.16. The van der Waals surface area contributed by atoms with Gasteiger partial charge < -0.3 is 10.0 Å². The molecule has 0 saturated carbocycles. The van der Waals surface area contributed by atoms with Gasteiger partial charge in [-0.25, -0.2) is 4.39 Å². The van der Waals surface area contributed by atoms with Crippen LogP contribution in [0.2, 0.25) is 0 Å². The largest absolute Gasteiger partial charge is 0.481 e. The van der Waals surface area contributed by atoms with Crippen LogP contribution in [0.1, 0.15) is 6.42 Å². The number of halogens is 2. The Balaban J connectivity index is 2.50. The van der Waals surface area contributed by atoms with Gasteiger partial charge >= 0.3 is 5.97 Å². The zero-order chi connectivity index (χ0) is 15.0. The summed E-state index contributed by atoms with van der Waals surface area (Å²) in [6.07, 6.45) is -0.240. The normalized spacial score (nSPS) is 18.4. The van der Waals surface area contributed by atoms with Crippen molar-refractivity contribution in [3.63, 3.8) is 0 Å². The summed E-state index contributed by atoms with van der Waals surface area (Å²) >= 11 is 2.97. The number of carbonyl (C=O) groups is 2. The lowest BCUT2D eigenvalue weighted by Gasteiger charge is -2.17. The van der Waals surface area contributed by atoms with E-state index in [1.807, 2.05) is 0 Å². The third kappa shape index (κ3) is 2.48. The SMILES string of the molecule is O=C(O)C1CC(=O)N(c2c(Br)cc(F)cc2[N+](=O)[O-])C1. The van der Waals surface area contributed by atoms with Crippen LogP contribution in [-0.4, -0.2) is 28.5 Å². The van der Waals surface area contributed by atoms with Crippen molar-refractivity contribution in [1.29, 1.82) is 0 Å². The first-order valence-electron chi connectivity index (χ1n) is 5.48. The standard InChI is InChI=1S/C11H8BrFN2O5/c12-7-2-6(13)3-8(15(19)20)10(7)14-4-5(11(17)18)1-9(14)16/h2-3,5H,1,4H2,(H,17,18). The van der Waals surface area contributed by atoms with Gasteiger partial charge in [-0.15, -0.1) is 0 Å². The van der Waals surface area contributed by atoms with Gasteiger partial charge in [0.2, 0.25) is 5.91 Å². The average molecular weight is 347 g/mol. The summed E-state index contributed by atoms with van der Waals surface area (Å²) in [5, 5.41) is 19.9. The van der Waals surface area contributed by atoms with E-state index in [1.54, 1.807) is 0 Å². The number of benzene rings is 1. The van der Waals surface area contributed by atoms with Gasteiger partial charge in [-0.1, -0.05) is 0 Å². The third-order valence-electron chi connectivity index (χ3n) is 2.95. The molecule has 1 atom stereocenters. The van der Waals surface area contributed by atoms with Gasteiger partial charge in [-0.05, 0) is 22.0 Å². The highest BCUT2D eigenvalue weighted by Gasteiger charge is 2.39. The number of hydrogen-bond donors (Lipinski definition) is 1. The lowest BCUT2D eigenvalue weighted by atomic mass is 10.1. The molecule has 1 fully saturated rings. The number of nitrogens with zero attached hydrogens (tertiary/aromatic N) is 2. The number of carboxylic acid groups (broad SMARTS) is 1. The predicted octanol–water partition coefficient (Wildman–Crippen LogP) is 1.93. The van der Waals surface area contributed by atoms with Gasteiger partial charge in [0.1, 0.15) is 11.5 Å². The highest BCUT2D eigenvalue weighted by atomic mass is 79.9. The average Bonchev–Trinajstić information content (AvgIpc) is 2.70. The second-order valence-corrected chi connectivity index (χ2v) is 5.11. The van der Waals surface area contributed by atoms with Crippen molar-refractivity contribution in [1.82, 2.24) is 0 Å². The molecule has 1 aromatic rings. The molecule has 1 aliphatic rings. The Bertz CT molecular complexity index is 621. The van der Waals surface area contributed by atoms with Crippen molar-refractivity contribution in [3.8, 4) is 0 Å². The summed E-state index contributed by atoms with van der Waals surface area (Å²) in [7, 11) is 0. The van der Waals surface area contributed by atoms with E-state index in [4.69, 9.17) is 5.11 Å².